The van der Waals surface area contributed by atoms with Crippen LogP contribution in [-0.4, -0.2) is 9.38 Å². The largest absolute Gasteiger partial charge is 0.305 e. The molecule has 1 aromatic carbocycles. The maximum Gasteiger partial charge on any atom is 0.137 e. The maximum absolute atomic E-state index is 5.96. The van der Waals surface area contributed by atoms with E-state index < -0.39 is 0 Å². The van der Waals surface area contributed by atoms with Gasteiger partial charge in [0.1, 0.15) is 5.65 Å². The van der Waals surface area contributed by atoms with Gasteiger partial charge in [0.05, 0.1) is 10.7 Å². The lowest BCUT2D eigenvalue weighted by atomic mass is 10.1. The van der Waals surface area contributed by atoms with Crippen molar-refractivity contribution >= 4 is 17.2 Å². The van der Waals surface area contributed by atoms with Crippen LogP contribution in [-0.2, 0) is 0 Å². The summed E-state index contributed by atoms with van der Waals surface area (Å²) in [6.45, 7) is 2.09. The summed E-state index contributed by atoms with van der Waals surface area (Å²) >= 11 is 5.96. The molecule has 0 saturated carbocycles. The highest BCUT2D eigenvalue weighted by atomic mass is 35.5. The fourth-order valence-electron chi connectivity index (χ4n) is 1.95. The second-order valence-electron chi connectivity index (χ2n) is 4.05. The normalized spacial score (nSPS) is 10.9. The van der Waals surface area contributed by atoms with Crippen molar-refractivity contribution in [3.05, 3.63) is 59.4 Å². The molecule has 0 spiro atoms. The Kier molecular flexibility index (Phi) is 2.37. The number of aryl methyl sites for hydroxylation is 1. The van der Waals surface area contributed by atoms with Gasteiger partial charge in [0.15, 0.2) is 0 Å². The first-order chi connectivity index (χ1) is 8.24. The molecule has 17 heavy (non-hydrogen) atoms. The number of benzene rings is 1. The molecule has 0 radical (unpaired) electrons. The molecule has 0 amide bonds. The Bertz CT molecular complexity index is 686. The van der Waals surface area contributed by atoms with Gasteiger partial charge in [0.2, 0.25) is 0 Å². The van der Waals surface area contributed by atoms with Gasteiger partial charge in [-0.1, -0.05) is 35.9 Å². The summed E-state index contributed by atoms with van der Waals surface area (Å²) in [5.74, 6) is 0. The monoisotopic (exact) mass is 242 g/mol. The summed E-state index contributed by atoms with van der Waals surface area (Å²) in [6.07, 6.45) is 3.87. The molecule has 0 aliphatic carbocycles. The highest BCUT2D eigenvalue weighted by Crippen LogP contribution is 2.23. The van der Waals surface area contributed by atoms with Gasteiger partial charge in [-0.3, -0.25) is 0 Å². The molecule has 3 rings (SSSR count). The first-order valence-corrected chi connectivity index (χ1v) is 5.82. The number of fused-ring (bicyclic) bond motifs is 1. The molecule has 3 heteroatoms. The van der Waals surface area contributed by atoms with Crippen LogP contribution in [0.3, 0.4) is 0 Å². The molecule has 2 aromatic heterocycles. The van der Waals surface area contributed by atoms with E-state index in [1.165, 1.54) is 5.56 Å². The topological polar surface area (TPSA) is 17.3 Å². The number of aromatic nitrogens is 2. The van der Waals surface area contributed by atoms with Crippen molar-refractivity contribution in [1.29, 1.82) is 0 Å². The highest BCUT2D eigenvalue weighted by Gasteiger charge is 2.06. The Morgan fingerprint density at radius 3 is 2.71 bits per heavy atom. The number of imidazole rings is 1. The fraction of sp³-hybridized carbons (Fsp3) is 0.0714. The van der Waals surface area contributed by atoms with E-state index in [4.69, 9.17) is 11.6 Å². The van der Waals surface area contributed by atoms with Crippen molar-refractivity contribution in [2.75, 3.05) is 0 Å². The number of nitrogens with zero attached hydrogens (tertiary/aromatic N) is 2. The molecule has 0 unspecified atom stereocenters. The van der Waals surface area contributed by atoms with E-state index in [1.54, 1.807) is 0 Å². The van der Waals surface area contributed by atoms with E-state index in [-0.39, 0.29) is 0 Å². The van der Waals surface area contributed by atoms with Crippen LogP contribution in [0.1, 0.15) is 5.56 Å². The SMILES string of the molecule is Cc1ccccc1-c1cn2cc(Cl)ccc2n1. The molecule has 0 atom stereocenters. The number of rotatable bonds is 1. The number of hydrogen-bond donors (Lipinski definition) is 0. The molecule has 0 aliphatic heterocycles. The molecular weight excluding hydrogens is 232 g/mol. The summed E-state index contributed by atoms with van der Waals surface area (Å²) in [6, 6.07) is 12.0. The third-order valence-corrected chi connectivity index (χ3v) is 3.06. The third-order valence-electron chi connectivity index (χ3n) is 2.84. The van der Waals surface area contributed by atoms with Gasteiger partial charge in [-0.15, -0.1) is 0 Å². The number of hydrogen-bond acceptors (Lipinski definition) is 1. The molecule has 2 nitrogen and oxygen atoms in total. The van der Waals surface area contributed by atoms with Gasteiger partial charge < -0.3 is 4.40 Å². The van der Waals surface area contributed by atoms with Crippen LogP contribution in [0.25, 0.3) is 16.9 Å². The minimum Gasteiger partial charge on any atom is -0.305 e. The smallest absolute Gasteiger partial charge is 0.137 e. The van der Waals surface area contributed by atoms with Gasteiger partial charge in [0, 0.05) is 18.0 Å². The predicted octanol–water partition coefficient (Wildman–Crippen LogP) is 3.96. The average molecular weight is 243 g/mol. The van der Waals surface area contributed by atoms with Gasteiger partial charge in [0.25, 0.3) is 0 Å². The molecule has 0 fully saturated rings. The summed E-state index contributed by atoms with van der Waals surface area (Å²) in [5.41, 5.74) is 4.27. The Balaban J connectivity index is 2.22. The van der Waals surface area contributed by atoms with E-state index >= 15 is 0 Å². The van der Waals surface area contributed by atoms with Gasteiger partial charge in [-0.2, -0.15) is 0 Å². The maximum atomic E-state index is 5.96. The molecule has 0 bridgehead atoms. The predicted molar refractivity (Wildman–Crippen MR) is 70.4 cm³/mol. The first kappa shape index (κ1) is 10.4. The molecular formula is C14H11ClN2. The minimum absolute atomic E-state index is 0.714. The van der Waals surface area contributed by atoms with Crippen molar-refractivity contribution < 1.29 is 0 Å². The van der Waals surface area contributed by atoms with Crippen LogP contribution >= 0.6 is 11.6 Å². The fourth-order valence-corrected chi connectivity index (χ4v) is 2.12. The number of pyridine rings is 1. The van der Waals surface area contributed by atoms with Crippen LogP contribution in [0.15, 0.2) is 48.8 Å². The van der Waals surface area contributed by atoms with E-state index in [0.717, 1.165) is 16.9 Å². The molecule has 0 N–H and O–H groups in total. The van der Waals surface area contributed by atoms with Crippen molar-refractivity contribution in [1.82, 2.24) is 9.38 Å². The van der Waals surface area contributed by atoms with Crippen LogP contribution < -0.4 is 0 Å². The Hall–Kier alpha value is -1.80. The zero-order valence-electron chi connectivity index (χ0n) is 9.39. The second-order valence-corrected chi connectivity index (χ2v) is 4.49. The van der Waals surface area contributed by atoms with Crippen molar-refractivity contribution in [3.63, 3.8) is 0 Å². The Morgan fingerprint density at radius 2 is 1.88 bits per heavy atom. The lowest BCUT2D eigenvalue weighted by Crippen LogP contribution is -1.81. The standard InChI is InChI=1S/C14H11ClN2/c1-10-4-2-3-5-12(10)13-9-17-8-11(15)6-7-14(17)16-13/h2-9H,1H3. The Labute approximate surface area is 104 Å². The molecule has 2 heterocycles. The quantitative estimate of drug-likeness (QED) is 0.631. The van der Waals surface area contributed by atoms with Crippen molar-refractivity contribution in [2.24, 2.45) is 0 Å². The van der Waals surface area contributed by atoms with Crippen LogP contribution in [0, 0.1) is 6.92 Å². The number of halogens is 1. The van der Waals surface area contributed by atoms with E-state index in [9.17, 15) is 0 Å². The summed E-state index contributed by atoms with van der Waals surface area (Å²) < 4.78 is 1.95. The molecule has 3 aromatic rings. The van der Waals surface area contributed by atoms with Crippen molar-refractivity contribution in [2.45, 2.75) is 6.92 Å². The highest BCUT2D eigenvalue weighted by molar-refractivity contribution is 6.30. The van der Waals surface area contributed by atoms with E-state index in [2.05, 4.69) is 24.0 Å². The van der Waals surface area contributed by atoms with Crippen LogP contribution in [0.4, 0.5) is 0 Å². The van der Waals surface area contributed by atoms with Crippen molar-refractivity contribution in [3.8, 4) is 11.3 Å². The summed E-state index contributed by atoms with van der Waals surface area (Å²) in [7, 11) is 0. The lowest BCUT2D eigenvalue weighted by Gasteiger charge is -1.99. The van der Waals surface area contributed by atoms with Crippen LogP contribution in [0.2, 0.25) is 5.02 Å². The Morgan fingerprint density at radius 1 is 1.06 bits per heavy atom. The van der Waals surface area contributed by atoms with Crippen LogP contribution in [0.5, 0.6) is 0 Å². The van der Waals surface area contributed by atoms with Gasteiger partial charge in [-0.05, 0) is 24.6 Å². The van der Waals surface area contributed by atoms with E-state index in [0.29, 0.717) is 5.02 Å². The minimum atomic E-state index is 0.714. The lowest BCUT2D eigenvalue weighted by molar-refractivity contribution is 1.19. The van der Waals surface area contributed by atoms with Gasteiger partial charge >= 0.3 is 0 Å². The first-order valence-electron chi connectivity index (χ1n) is 5.44. The zero-order valence-corrected chi connectivity index (χ0v) is 10.1. The summed E-state index contributed by atoms with van der Waals surface area (Å²) in [4.78, 5) is 4.59. The van der Waals surface area contributed by atoms with E-state index in [1.807, 2.05) is 41.1 Å². The third kappa shape index (κ3) is 1.81. The molecule has 84 valence electrons. The van der Waals surface area contributed by atoms with Gasteiger partial charge in [-0.25, -0.2) is 4.98 Å². The molecule has 0 aliphatic rings. The zero-order chi connectivity index (χ0) is 11.8. The summed E-state index contributed by atoms with van der Waals surface area (Å²) in [5, 5.41) is 0.714. The second kappa shape index (κ2) is 3.90. The molecule has 0 saturated heterocycles. The average Bonchev–Trinajstić information content (AvgIpc) is 2.72.